The van der Waals surface area contributed by atoms with Crippen LogP contribution in [0.25, 0.3) is 0 Å². The third-order valence-electron chi connectivity index (χ3n) is 3.53. The molecule has 1 saturated carbocycles. The third kappa shape index (κ3) is 3.05. The van der Waals surface area contributed by atoms with Gasteiger partial charge in [0.05, 0.1) is 6.10 Å². The predicted octanol–water partition coefficient (Wildman–Crippen LogP) is 4.38. The van der Waals surface area contributed by atoms with Crippen LogP contribution in [-0.2, 0) is 0 Å². The van der Waals surface area contributed by atoms with Crippen molar-refractivity contribution >= 4 is 5.69 Å². The number of nitrogen functional groups attached to an aromatic ring is 1. The molecule has 1 fully saturated rings. The second kappa shape index (κ2) is 5.87. The van der Waals surface area contributed by atoms with Gasteiger partial charge in [-0.1, -0.05) is 18.2 Å². The molecule has 1 aliphatic carbocycles. The number of rotatable bonds is 4. The van der Waals surface area contributed by atoms with E-state index in [0.717, 1.165) is 30.1 Å². The maximum Gasteiger partial charge on any atom is 0.169 e. The molecule has 0 aliphatic heterocycles. The van der Waals surface area contributed by atoms with E-state index in [2.05, 4.69) is 0 Å². The lowest BCUT2D eigenvalue weighted by atomic mass is 10.2. The minimum Gasteiger partial charge on any atom is -0.486 e. The van der Waals surface area contributed by atoms with Crippen molar-refractivity contribution in [3.05, 3.63) is 48.5 Å². The van der Waals surface area contributed by atoms with Crippen molar-refractivity contribution in [3.8, 4) is 17.2 Å². The van der Waals surface area contributed by atoms with Crippen molar-refractivity contribution in [2.75, 3.05) is 5.73 Å². The number of anilines is 1. The minimum absolute atomic E-state index is 0.287. The Balaban J connectivity index is 1.82. The molecular weight excluding hydrogens is 250 g/mol. The first-order chi connectivity index (χ1) is 9.81. The van der Waals surface area contributed by atoms with Gasteiger partial charge in [0.15, 0.2) is 11.5 Å². The Bertz CT molecular complexity index is 562. The summed E-state index contributed by atoms with van der Waals surface area (Å²) in [5.41, 5.74) is 6.55. The molecule has 104 valence electrons. The van der Waals surface area contributed by atoms with Crippen molar-refractivity contribution in [2.45, 2.75) is 31.8 Å². The monoisotopic (exact) mass is 269 g/mol. The van der Waals surface area contributed by atoms with E-state index in [1.54, 1.807) is 0 Å². The topological polar surface area (TPSA) is 44.5 Å². The summed E-state index contributed by atoms with van der Waals surface area (Å²) in [4.78, 5) is 0. The predicted molar refractivity (Wildman–Crippen MR) is 80.3 cm³/mol. The Morgan fingerprint density at radius 2 is 1.65 bits per heavy atom. The quantitative estimate of drug-likeness (QED) is 0.837. The van der Waals surface area contributed by atoms with Crippen LogP contribution < -0.4 is 15.2 Å². The Labute approximate surface area is 119 Å². The van der Waals surface area contributed by atoms with Crippen LogP contribution in [0.4, 0.5) is 5.69 Å². The lowest BCUT2D eigenvalue weighted by molar-refractivity contribution is 0.203. The Morgan fingerprint density at radius 3 is 2.40 bits per heavy atom. The zero-order valence-electron chi connectivity index (χ0n) is 11.4. The highest BCUT2D eigenvalue weighted by Crippen LogP contribution is 2.35. The number of hydrogen-bond acceptors (Lipinski definition) is 3. The molecule has 0 aromatic heterocycles. The molecule has 0 spiro atoms. The molecule has 0 radical (unpaired) electrons. The zero-order valence-corrected chi connectivity index (χ0v) is 11.4. The van der Waals surface area contributed by atoms with Crippen molar-refractivity contribution in [1.82, 2.24) is 0 Å². The summed E-state index contributed by atoms with van der Waals surface area (Å²) >= 11 is 0. The maximum atomic E-state index is 6.05. The molecule has 0 saturated heterocycles. The molecule has 0 bridgehead atoms. The summed E-state index contributed by atoms with van der Waals surface area (Å²) < 4.78 is 11.9. The molecule has 1 aliphatic rings. The normalized spacial score (nSPS) is 15.2. The molecule has 3 heteroatoms. The van der Waals surface area contributed by atoms with Crippen molar-refractivity contribution in [3.63, 3.8) is 0 Å². The molecular formula is C17H19NO2. The van der Waals surface area contributed by atoms with Crippen molar-refractivity contribution in [1.29, 1.82) is 0 Å². The number of benzene rings is 2. The van der Waals surface area contributed by atoms with Gasteiger partial charge in [0.2, 0.25) is 0 Å². The molecule has 2 aromatic rings. The van der Waals surface area contributed by atoms with E-state index in [4.69, 9.17) is 15.2 Å². The first-order valence-corrected chi connectivity index (χ1v) is 7.10. The highest BCUT2D eigenvalue weighted by Gasteiger charge is 2.18. The lowest BCUT2D eigenvalue weighted by Crippen LogP contribution is -2.11. The Morgan fingerprint density at radius 1 is 0.900 bits per heavy atom. The average molecular weight is 269 g/mol. The van der Waals surface area contributed by atoms with Gasteiger partial charge in [-0.2, -0.15) is 0 Å². The van der Waals surface area contributed by atoms with E-state index >= 15 is 0 Å². The first kappa shape index (κ1) is 12.9. The lowest BCUT2D eigenvalue weighted by Gasteiger charge is -2.17. The second-order valence-electron chi connectivity index (χ2n) is 5.15. The van der Waals surface area contributed by atoms with Crippen LogP contribution in [0.2, 0.25) is 0 Å². The highest BCUT2D eigenvalue weighted by molar-refractivity contribution is 5.53. The van der Waals surface area contributed by atoms with Crippen molar-refractivity contribution < 1.29 is 9.47 Å². The van der Waals surface area contributed by atoms with Gasteiger partial charge in [0.1, 0.15) is 5.75 Å². The average Bonchev–Trinajstić information content (AvgIpc) is 2.96. The molecule has 3 rings (SSSR count). The molecule has 0 amide bonds. The SMILES string of the molecule is Nc1ccc(Oc2ccccc2)c(OC2CCCC2)c1. The second-order valence-corrected chi connectivity index (χ2v) is 5.15. The minimum atomic E-state index is 0.287. The van der Waals surface area contributed by atoms with Gasteiger partial charge in [-0.15, -0.1) is 0 Å². The van der Waals surface area contributed by atoms with Gasteiger partial charge in [0, 0.05) is 11.8 Å². The molecule has 2 N–H and O–H groups in total. The number of nitrogens with two attached hydrogens (primary N) is 1. The van der Waals surface area contributed by atoms with Gasteiger partial charge in [-0.25, -0.2) is 0 Å². The summed E-state index contributed by atoms with van der Waals surface area (Å²) in [6.07, 6.45) is 4.98. The molecule has 0 unspecified atom stereocenters. The van der Waals surface area contributed by atoms with Gasteiger partial charge < -0.3 is 15.2 Å². The van der Waals surface area contributed by atoms with Crippen LogP contribution in [0.5, 0.6) is 17.2 Å². The van der Waals surface area contributed by atoms with E-state index < -0.39 is 0 Å². The summed E-state index contributed by atoms with van der Waals surface area (Å²) in [5.74, 6) is 2.26. The number of para-hydroxylation sites is 1. The standard InChI is InChI=1S/C17H19NO2/c18-13-10-11-16(19-14-6-2-1-3-7-14)17(12-13)20-15-8-4-5-9-15/h1-3,6-7,10-12,15H,4-5,8-9,18H2. The summed E-state index contributed by atoms with van der Waals surface area (Å²) in [5, 5.41) is 0. The van der Waals surface area contributed by atoms with E-state index in [0.29, 0.717) is 5.69 Å². The molecule has 20 heavy (non-hydrogen) atoms. The smallest absolute Gasteiger partial charge is 0.169 e. The van der Waals surface area contributed by atoms with Gasteiger partial charge >= 0.3 is 0 Å². The molecule has 0 heterocycles. The molecule has 2 aromatic carbocycles. The van der Waals surface area contributed by atoms with Gasteiger partial charge in [-0.05, 0) is 49.9 Å². The van der Waals surface area contributed by atoms with Gasteiger partial charge in [0.25, 0.3) is 0 Å². The van der Waals surface area contributed by atoms with E-state index in [-0.39, 0.29) is 6.10 Å². The van der Waals surface area contributed by atoms with Crippen LogP contribution in [-0.4, -0.2) is 6.10 Å². The van der Waals surface area contributed by atoms with Crippen LogP contribution in [0.15, 0.2) is 48.5 Å². The summed E-state index contributed by atoms with van der Waals surface area (Å²) in [6.45, 7) is 0. The van der Waals surface area contributed by atoms with E-state index in [1.807, 2.05) is 48.5 Å². The van der Waals surface area contributed by atoms with Gasteiger partial charge in [-0.3, -0.25) is 0 Å². The Kier molecular flexibility index (Phi) is 3.77. The van der Waals surface area contributed by atoms with Crippen molar-refractivity contribution in [2.24, 2.45) is 0 Å². The summed E-state index contributed by atoms with van der Waals surface area (Å²) in [7, 11) is 0. The fourth-order valence-electron chi connectivity index (χ4n) is 2.50. The van der Waals surface area contributed by atoms with Crippen LogP contribution in [0.1, 0.15) is 25.7 Å². The largest absolute Gasteiger partial charge is 0.486 e. The van der Waals surface area contributed by atoms with Crippen LogP contribution in [0.3, 0.4) is 0 Å². The fraction of sp³-hybridized carbons (Fsp3) is 0.294. The zero-order chi connectivity index (χ0) is 13.8. The first-order valence-electron chi connectivity index (χ1n) is 7.10. The Hall–Kier alpha value is -2.16. The highest BCUT2D eigenvalue weighted by atomic mass is 16.5. The van der Waals surface area contributed by atoms with E-state index in [9.17, 15) is 0 Å². The number of ether oxygens (including phenoxy) is 2. The molecule has 3 nitrogen and oxygen atoms in total. The number of hydrogen-bond donors (Lipinski definition) is 1. The van der Waals surface area contributed by atoms with Crippen LogP contribution >= 0.6 is 0 Å². The van der Waals surface area contributed by atoms with Crippen LogP contribution in [0, 0.1) is 0 Å². The third-order valence-corrected chi connectivity index (χ3v) is 3.53. The fourth-order valence-corrected chi connectivity index (χ4v) is 2.50. The molecule has 0 atom stereocenters. The maximum absolute atomic E-state index is 6.05. The summed E-state index contributed by atoms with van der Waals surface area (Å²) in [6, 6.07) is 15.3. The van der Waals surface area contributed by atoms with E-state index in [1.165, 1.54) is 12.8 Å².